The predicted molar refractivity (Wildman–Crippen MR) is 103 cm³/mol. The molecule has 0 amide bonds. The van der Waals surface area contributed by atoms with Gasteiger partial charge in [-0.1, -0.05) is 57.2 Å². The highest BCUT2D eigenvalue weighted by Gasteiger charge is 2.10. The Bertz CT molecular complexity index is 452. The molecule has 0 spiro atoms. The van der Waals surface area contributed by atoms with Crippen molar-refractivity contribution in [3.63, 3.8) is 0 Å². The zero-order valence-corrected chi connectivity index (χ0v) is 15.7. The third-order valence-corrected chi connectivity index (χ3v) is 4.39. The second-order valence-corrected chi connectivity index (χ2v) is 6.61. The molecule has 0 fully saturated rings. The molecule has 0 aliphatic carbocycles. The Kier molecular flexibility index (Phi) is 9.49. The summed E-state index contributed by atoms with van der Waals surface area (Å²) in [5, 5.41) is 4.93. The summed E-state index contributed by atoms with van der Waals surface area (Å²) in [5.41, 5.74) is 2.17. The predicted octanol–water partition coefficient (Wildman–Crippen LogP) is 6.03. The molecule has 0 unspecified atom stereocenters. The summed E-state index contributed by atoms with van der Waals surface area (Å²) < 4.78 is 0. The van der Waals surface area contributed by atoms with Crippen LogP contribution < -0.4 is 5.32 Å². The lowest BCUT2D eigenvalue weighted by Crippen LogP contribution is -2.36. The molecule has 1 aromatic carbocycles. The molecule has 1 aromatic rings. The van der Waals surface area contributed by atoms with Crippen molar-refractivity contribution in [3.05, 3.63) is 28.8 Å². The Morgan fingerprint density at radius 1 is 1.09 bits per heavy atom. The van der Waals surface area contributed by atoms with E-state index in [1.54, 1.807) is 0 Å². The molecule has 0 heterocycles. The third kappa shape index (κ3) is 6.97. The largest absolute Gasteiger partial charge is 0.349 e. The van der Waals surface area contributed by atoms with E-state index in [2.05, 4.69) is 31.0 Å². The Hall–Kier alpha value is -0.800. The number of nitrogens with one attached hydrogen (secondary N) is 1. The molecule has 0 atom stereocenters. The smallest absolute Gasteiger partial charge is 0.173 e. The summed E-state index contributed by atoms with van der Waals surface area (Å²) in [6.07, 6.45) is 7.36. The van der Waals surface area contributed by atoms with Crippen molar-refractivity contribution in [1.29, 1.82) is 0 Å². The van der Waals surface area contributed by atoms with Gasteiger partial charge < -0.3 is 10.2 Å². The molecule has 4 heteroatoms. The Morgan fingerprint density at radius 3 is 2.23 bits per heavy atom. The van der Waals surface area contributed by atoms with Crippen LogP contribution >= 0.6 is 23.8 Å². The molecule has 1 rings (SSSR count). The van der Waals surface area contributed by atoms with E-state index in [1.165, 1.54) is 38.5 Å². The van der Waals surface area contributed by atoms with Crippen molar-refractivity contribution >= 4 is 34.6 Å². The van der Waals surface area contributed by atoms with Gasteiger partial charge >= 0.3 is 0 Å². The number of hydrogen-bond acceptors (Lipinski definition) is 1. The molecule has 0 bridgehead atoms. The maximum atomic E-state index is 6.09. The summed E-state index contributed by atoms with van der Waals surface area (Å²) in [6, 6.07) is 5.87. The van der Waals surface area contributed by atoms with Crippen molar-refractivity contribution in [2.24, 2.45) is 0 Å². The lowest BCUT2D eigenvalue weighted by atomic mass is 10.2. The average Bonchev–Trinajstić information content (AvgIpc) is 2.49. The fraction of sp³-hybridized carbons (Fsp3) is 0.611. The van der Waals surface area contributed by atoms with Crippen LogP contribution in [0, 0.1) is 6.92 Å². The van der Waals surface area contributed by atoms with Crippen molar-refractivity contribution in [2.45, 2.75) is 59.3 Å². The average molecular weight is 341 g/mol. The number of thiocarbonyl (C=S) groups is 1. The Labute approximate surface area is 146 Å². The monoisotopic (exact) mass is 340 g/mol. The number of nitrogens with zero attached hydrogens (tertiary/aromatic N) is 1. The van der Waals surface area contributed by atoms with Crippen LogP contribution in [0.3, 0.4) is 0 Å². The molecule has 1 N–H and O–H groups in total. The van der Waals surface area contributed by atoms with Crippen LogP contribution in [-0.4, -0.2) is 23.1 Å². The number of unbranched alkanes of at least 4 members (excludes halogenated alkanes) is 4. The molecule has 22 heavy (non-hydrogen) atoms. The minimum Gasteiger partial charge on any atom is -0.349 e. The van der Waals surface area contributed by atoms with Gasteiger partial charge in [-0.3, -0.25) is 0 Å². The van der Waals surface area contributed by atoms with Crippen LogP contribution in [0.2, 0.25) is 5.02 Å². The third-order valence-electron chi connectivity index (χ3n) is 3.79. The zero-order chi connectivity index (χ0) is 16.4. The van der Waals surface area contributed by atoms with Crippen LogP contribution in [0.15, 0.2) is 18.2 Å². The topological polar surface area (TPSA) is 15.3 Å². The lowest BCUT2D eigenvalue weighted by molar-refractivity contribution is 0.395. The molecule has 0 saturated heterocycles. The first-order valence-electron chi connectivity index (χ1n) is 8.40. The molecule has 0 saturated carbocycles. The first-order valence-corrected chi connectivity index (χ1v) is 9.19. The van der Waals surface area contributed by atoms with Gasteiger partial charge in [-0.05, 0) is 49.7 Å². The van der Waals surface area contributed by atoms with E-state index in [9.17, 15) is 0 Å². The van der Waals surface area contributed by atoms with Gasteiger partial charge in [-0.15, -0.1) is 0 Å². The van der Waals surface area contributed by atoms with Crippen LogP contribution in [0.1, 0.15) is 57.9 Å². The van der Waals surface area contributed by atoms with Crippen molar-refractivity contribution in [1.82, 2.24) is 4.90 Å². The number of aryl methyl sites for hydroxylation is 1. The molecular formula is C18H29ClN2S. The molecule has 0 radical (unpaired) electrons. The van der Waals surface area contributed by atoms with E-state index in [0.29, 0.717) is 0 Å². The molecule has 2 nitrogen and oxygen atoms in total. The van der Waals surface area contributed by atoms with Crippen LogP contribution in [-0.2, 0) is 0 Å². The van der Waals surface area contributed by atoms with E-state index in [1.807, 2.05) is 18.2 Å². The number of halogens is 1. The van der Waals surface area contributed by atoms with Crippen LogP contribution in [0.25, 0.3) is 0 Å². The first kappa shape index (κ1) is 19.2. The quantitative estimate of drug-likeness (QED) is 0.436. The SMILES string of the molecule is CCCCCN(CCCCC)C(=S)Nc1cc(Cl)ccc1C. The second kappa shape index (κ2) is 10.8. The fourth-order valence-corrected chi connectivity index (χ4v) is 2.81. The second-order valence-electron chi connectivity index (χ2n) is 5.79. The number of anilines is 1. The van der Waals surface area contributed by atoms with Crippen LogP contribution in [0.4, 0.5) is 5.69 Å². The molecule has 0 aliphatic rings. The van der Waals surface area contributed by atoms with E-state index in [0.717, 1.165) is 34.5 Å². The summed E-state index contributed by atoms with van der Waals surface area (Å²) in [7, 11) is 0. The minimum absolute atomic E-state index is 0.736. The van der Waals surface area contributed by atoms with E-state index in [4.69, 9.17) is 23.8 Å². The molecule has 124 valence electrons. The van der Waals surface area contributed by atoms with Gasteiger partial charge in [0, 0.05) is 23.8 Å². The highest BCUT2D eigenvalue weighted by molar-refractivity contribution is 7.80. The molecule has 0 aliphatic heterocycles. The lowest BCUT2D eigenvalue weighted by Gasteiger charge is -2.26. The van der Waals surface area contributed by atoms with Crippen LogP contribution in [0.5, 0.6) is 0 Å². The molecular weight excluding hydrogens is 312 g/mol. The standard InChI is InChI=1S/C18H29ClN2S/c1-4-6-8-12-21(13-9-7-5-2)18(22)20-17-14-16(19)11-10-15(17)3/h10-11,14H,4-9,12-13H2,1-3H3,(H,20,22). The van der Waals surface area contributed by atoms with E-state index < -0.39 is 0 Å². The van der Waals surface area contributed by atoms with E-state index >= 15 is 0 Å². The minimum atomic E-state index is 0.736. The highest BCUT2D eigenvalue weighted by atomic mass is 35.5. The zero-order valence-electron chi connectivity index (χ0n) is 14.1. The van der Waals surface area contributed by atoms with Gasteiger partial charge in [0.1, 0.15) is 0 Å². The van der Waals surface area contributed by atoms with Gasteiger partial charge in [0.05, 0.1) is 0 Å². The summed E-state index contributed by atoms with van der Waals surface area (Å²) in [4.78, 5) is 2.31. The fourth-order valence-electron chi connectivity index (χ4n) is 2.34. The maximum absolute atomic E-state index is 6.09. The summed E-state index contributed by atoms with van der Waals surface area (Å²) in [6.45, 7) is 8.59. The van der Waals surface area contributed by atoms with Gasteiger partial charge in [0.15, 0.2) is 5.11 Å². The summed E-state index contributed by atoms with van der Waals surface area (Å²) >= 11 is 11.7. The van der Waals surface area contributed by atoms with E-state index in [-0.39, 0.29) is 0 Å². The van der Waals surface area contributed by atoms with Gasteiger partial charge in [-0.25, -0.2) is 0 Å². The maximum Gasteiger partial charge on any atom is 0.173 e. The highest BCUT2D eigenvalue weighted by Crippen LogP contribution is 2.20. The Morgan fingerprint density at radius 2 is 1.68 bits per heavy atom. The van der Waals surface area contributed by atoms with Crippen molar-refractivity contribution in [3.8, 4) is 0 Å². The van der Waals surface area contributed by atoms with Gasteiger partial charge in [-0.2, -0.15) is 0 Å². The van der Waals surface area contributed by atoms with Crippen molar-refractivity contribution in [2.75, 3.05) is 18.4 Å². The number of hydrogen-bond donors (Lipinski definition) is 1. The Balaban J connectivity index is 2.66. The van der Waals surface area contributed by atoms with Crippen molar-refractivity contribution < 1.29 is 0 Å². The number of benzene rings is 1. The summed E-state index contributed by atoms with van der Waals surface area (Å²) in [5.74, 6) is 0. The van der Waals surface area contributed by atoms with Gasteiger partial charge in [0.2, 0.25) is 0 Å². The normalized spacial score (nSPS) is 10.5. The molecule has 0 aromatic heterocycles. The van der Waals surface area contributed by atoms with Gasteiger partial charge in [0.25, 0.3) is 0 Å². The number of rotatable bonds is 9. The first-order chi connectivity index (χ1) is 10.6.